The van der Waals surface area contributed by atoms with Gasteiger partial charge in [0, 0.05) is 0 Å². The van der Waals surface area contributed by atoms with Gasteiger partial charge < -0.3 is 14.2 Å². The highest BCUT2D eigenvalue weighted by molar-refractivity contribution is 5.39. The molecule has 0 saturated carbocycles. The number of epoxide rings is 1. The maximum atomic E-state index is 5.57. The average molecular weight is 236 g/mol. The average Bonchev–Trinajstić information content (AvgIpc) is 3.21. The number of rotatable bonds is 6. The van der Waals surface area contributed by atoms with Crippen molar-refractivity contribution in [1.29, 1.82) is 0 Å². The molecule has 1 atom stereocenters. The molecule has 94 valence electrons. The third kappa shape index (κ3) is 4.91. The van der Waals surface area contributed by atoms with E-state index in [0.717, 1.165) is 18.1 Å². The van der Waals surface area contributed by atoms with Crippen LogP contribution in [0.3, 0.4) is 0 Å². The van der Waals surface area contributed by atoms with Gasteiger partial charge in [-0.2, -0.15) is 0 Å². The predicted octanol–water partition coefficient (Wildman–Crippen LogP) is 3.06. The molecule has 0 spiro atoms. The molecule has 0 aliphatic carbocycles. The summed E-state index contributed by atoms with van der Waals surface area (Å²) in [6, 6.07) is 7.61. The van der Waals surface area contributed by atoms with Crippen molar-refractivity contribution in [2.45, 2.75) is 20.0 Å². The summed E-state index contributed by atoms with van der Waals surface area (Å²) in [5.41, 5.74) is 0. The SMILES string of the molecule is C=CCOc1ccccc1OCC1CO1.CC. The molecular formula is C14H20O3. The lowest BCUT2D eigenvalue weighted by atomic mass is 10.3. The zero-order valence-electron chi connectivity index (χ0n) is 10.5. The van der Waals surface area contributed by atoms with Crippen LogP contribution in [0, 0.1) is 0 Å². The lowest BCUT2D eigenvalue weighted by Gasteiger charge is -2.10. The maximum absolute atomic E-state index is 5.57. The van der Waals surface area contributed by atoms with E-state index in [1.807, 2.05) is 38.1 Å². The Morgan fingerprint density at radius 2 is 1.88 bits per heavy atom. The van der Waals surface area contributed by atoms with E-state index in [9.17, 15) is 0 Å². The highest BCUT2D eigenvalue weighted by Crippen LogP contribution is 2.27. The Hall–Kier alpha value is -1.48. The first kappa shape index (κ1) is 13.6. The predicted molar refractivity (Wildman–Crippen MR) is 68.7 cm³/mol. The molecule has 0 bridgehead atoms. The fourth-order valence-electron chi connectivity index (χ4n) is 1.18. The molecule has 0 aromatic heterocycles. The normalized spacial score (nSPS) is 16.5. The second-order valence-electron chi connectivity index (χ2n) is 3.31. The summed E-state index contributed by atoms with van der Waals surface area (Å²) in [5.74, 6) is 1.51. The van der Waals surface area contributed by atoms with Crippen molar-refractivity contribution in [3.63, 3.8) is 0 Å². The Kier molecular flexibility index (Phi) is 6.18. The van der Waals surface area contributed by atoms with E-state index in [1.165, 1.54) is 0 Å². The summed E-state index contributed by atoms with van der Waals surface area (Å²) in [6.07, 6.45) is 1.97. The second kappa shape index (κ2) is 7.74. The van der Waals surface area contributed by atoms with Crippen molar-refractivity contribution in [2.75, 3.05) is 19.8 Å². The van der Waals surface area contributed by atoms with Gasteiger partial charge >= 0.3 is 0 Å². The molecule has 1 aliphatic rings. The number of hydrogen-bond acceptors (Lipinski definition) is 3. The largest absolute Gasteiger partial charge is 0.487 e. The Morgan fingerprint density at radius 3 is 2.41 bits per heavy atom. The highest BCUT2D eigenvalue weighted by atomic mass is 16.6. The van der Waals surface area contributed by atoms with Crippen LogP contribution in [-0.2, 0) is 4.74 Å². The van der Waals surface area contributed by atoms with Crippen LogP contribution in [0.5, 0.6) is 11.5 Å². The summed E-state index contributed by atoms with van der Waals surface area (Å²) < 4.78 is 16.1. The molecule has 3 nitrogen and oxygen atoms in total. The van der Waals surface area contributed by atoms with Gasteiger partial charge in [0.05, 0.1) is 6.61 Å². The van der Waals surface area contributed by atoms with Crippen LogP contribution >= 0.6 is 0 Å². The third-order valence-electron chi connectivity index (χ3n) is 2.03. The highest BCUT2D eigenvalue weighted by Gasteiger charge is 2.23. The second-order valence-corrected chi connectivity index (χ2v) is 3.31. The Bertz CT molecular complexity index is 332. The van der Waals surface area contributed by atoms with Crippen LogP contribution < -0.4 is 9.47 Å². The molecule has 1 aliphatic heterocycles. The monoisotopic (exact) mass is 236 g/mol. The number of hydrogen-bond donors (Lipinski definition) is 0. The van der Waals surface area contributed by atoms with Gasteiger partial charge in [0.25, 0.3) is 0 Å². The Labute approximate surface area is 103 Å². The van der Waals surface area contributed by atoms with Crippen molar-refractivity contribution in [1.82, 2.24) is 0 Å². The quantitative estimate of drug-likeness (QED) is 0.562. The first-order valence-electron chi connectivity index (χ1n) is 5.97. The number of benzene rings is 1. The summed E-state index contributed by atoms with van der Waals surface area (Å²) in [5, 5.41) is 0. The maximum Gasteiger partial charge on any atom is 0.161 e. The topological polar surface area (TPSA) is 31.0 Å². The minimum Gasteiger partial charge on any atom is -0.487 e. The molecule has 1 aromatic rings. The van der Waals surface area contributed by atoms with Crippen LogP contribution in [0.25, 0.3) is 0 Å². The molecular weight excluding hydrogens is 216 g/mol. The van der Waals surface area contributed by atoms with Gasteiger partial charge in [-0.15, -0.1) is 0 Å². The van der Waals surface area contributed by atoms with E-state index in [-0.39, 0.29) is 6.10 Å². The standard InChI is InChI=1S/C12H14O3.C2H6/c1-2-7-13-11-5-3-4-6-12(11)15-9-10-8-14-10;1-2/h2-6,10H,1,7-9H2;1-2H3. The van der Waals surface area contributed by atoms with Crippen LogP contribution in [0.15, 0.2) is 36.9 Å². The molecule has 3 heteroatoms. The summed E-state index contributed by atoms with van der Waals surface area (Å²) in [7, 11) is 0. The molecule has 0 N–H and O–H groups in total. The number of para-hydroxylation sites is 2. The van der Waals surface area contributed by atoms with Gasteiger partial charge in [-0.3, -0.25) is 0 Å². The lowest BCUT2D eigenvalue weighted by Crippen LogP contribution is -2.05. The molecule has 0 radical (unpaired) electrons. The van der Waals surface area contributed by atoms with Crippen molar-refractivity contribution >= 4 is 0 Å². The van der Waals surface area contributed by atoms with Crippen LogP contribution in [0.2, 0.25) is 0 Å². The van der Waals surface area contributed by atoms with Gasteiger partial charge in [-0.1, -0.05) is 38.6 Å². The van der Waals surface area contributed by atoms with Crippen molar-refractivity contribution in [3.05, 3.63) is 36.9 Å². The van der Waals surface area contributed by atoms with Crippen LogP contribution in [0.4, 0.5) is 0 Å². The smallest absolute Gasteiger partial charge is 0.161 e. The van der Waals surface area contributed by atoms with Crippen molar-refractivity contribution < 1.29 is 14.2 Å². The molecule has 1 fully saturated rings. The van der Waals surface area contributed by atoms with Gasteiger partial charge in [0.2, 0.25) is 0 Å². The molecule has 2 rings (SSSR count). The van der Waals surface area contributed by atoms with Crippen LogP contribution in [0.1, 0.15) is 13.8 Å². The van der Waals surface area contributed by atoms with E-state index in [0.29, 0.717) is 13.2 Å². The molecule has 17 heavy (non-hydrogen) atoms. The van der Waals surface area contributed by atoms with E-state index >= 15 is 0 Å². The van der Waals surface area contributed by atoms with Crippen molar-refractivity contribution in [3.8, 4) is 11.5 Å². The first-order valence-corrected chi connectivity index (χ1v) is 5.97. The van der Waals surface area contributed by atoms with Gasteiger partial charge in [-0.25, -0.2) is 0 Å². The third-order valence-corrected chi connectivity index (χ3v) is 2.03. The summed E-state index contributed by atoms with van der Waals surface area (Å²) in [6.45, 7) is 9.48. The Balaban J connectivity index is 0.000000686. The molecule has 0 amide bonds. The molecule has 1 saturated heterocycles. The molecule has 1 aromatic carbocycles. The fourth-order valence-corrected chi connectivity index (χ4v) is 1.18. The molecule has 1 heterocycles. The minimum atomic E-state index is 0.262. The van der Waals surface area contributed by atoms with E-state index in [4.69, 9.17) is 14.2 Å². The van der Waals surface area contributed by atoms with Crippen LogP contribution in [-0.4, -0.2) is 25.9 Å². The van der Waals surface area contributed by atoms with Gasteiger partial charge in [-0.05, 0) is 12.1 Å². The van der Waals surface area contributed by atoms with Crippen molar-refractivity contribution in [2.24, 2.45) is 0 Å². The zero-order chi connectivity index (χ0) is 12.5. The summed E-state index contributed by atoms with van der Waals surface area (Å²) >= 11 is 0. The van der Waals surface area contributed by atoms with E-state index in [1.54, 1.807) is 6.08 Å². The lowest BCUT2D eigenvalue weighted by molar-refractivity contribution is 0.248. The number of ether oxygens (including phenoxy) is 3. The molecule has 1 unspecified atom stereocenters. The fraction of sp³-hybridized carbons (Fsp3) is 0.429. The minimum absolute atomic E-state index is 0.262. The van der Waals surface area contributed by atoms with E-state index < -0.39 is 0 Å². The Morgan fingerprint density at radius 1 is 1.29 bits per heavy atom. The van der Waals surface area contributed by atoms with E-state index in [2.05, 4.69) is 6.58 Å². The van der Waals surface area contributed by atoms with Gasteiger partial charge in [0.1, 0.15) is 19.3 Å². The van der Waals surface area contributed by atoms with Gasteiger partial charge in [0.15, 0.2) is 11.5 Å². The zero-order valence-corrected chi connectivity index (χ0v) is 10.5. The summed E-state index contributed by atoms with van der Waals surface area (Å²) in [4.78, 5) is 0. The first-order chi connectivity index (χ1) is 8.40.